The lowest BCUT2D eigenvalue weighted by molar-refractivity contribution is -0.152. The van der Waals surface area contributed by atoms with E-state index < -0.39 is 29.7 Å². The predicted molar refractivity (Wildman–Crippen MR) is 89.7 cm³/mol. The lowest BCUT2D eigenvalue weighted by Gasteiger charge is -2.35. The topological polar surface area (TPSA) is 52.6 Å². The summed E-state index contributed by atoms with van der Waals surface area (Å²) in [4.78, 5) is 12.1. The summed E-state index contributed by atoms with van der Waals surface area (Å²) in [5, 5.41) is -0.705. The summed E-state index contributed by atoms with van der Waals surface area (Å²) in [5.74, 6) is -0.692. The van der Waals surface area contributed by atoms with Gasteiger partial charge in [0.15, 0.2) is 0 Å². The molecular formula is C17H26FO4P. The zero-order chi connectivity index (χ0) is 17.9. The number of ether oxygens (including phenoxy) is 1. The van der Waals surface area contributed by atoms with Crippen LogP contribution in [0.2, 0.25) is 0 Å². The molecule has 1 unspecified atom stereocenters. The third-order valence-corrected chi connectivity index (χ3v) is 7.26. The van der Waals surface area contributed by atoms with Crippen molar-refractivity contribution in [1.82, 2.24) is 0 Å². The smallest absolute Gasteiger partial charge is 0.312 e. The molecule has 130 valence electrons. The molecule has 0 saturated carbocycles. The van der Waals surface area contributed by atoms with Gasteiger partial charge in [-0.05, 0) is 32.9 Å². The van der Waals surface area contributed by atoms with E-state index in [1.54, 1.807) is 47.6 Å². The molecule has 0 N–H and O–H groups in total. The Morgan fingerprint density at radius 2 is 1.83 bits per heavy atom. The first-order valence-corrected chi connectivity index (χ1v) is 9.44. The molecular weight excluding hydrogens is 318 g/mol. The Balaban J connectivity index is 3.14. The SMILES string of the molecule is CCOC(=O)C(C)(C)CP(=O)(Oc1cccc(F)c1)C(C)(C)C. The normalized spacial score (nSPS) is 14.9. The average Bonchev–Trinajstić information content (AvgIpc) is 2.36. The zero-order valence-corrected chi connectivity index (χ0v) is 15.6. The molecule has 0 bridgehead atoms. The van der Waals surface area contributed by atoms with Gasteiger partial charge in [-0.3, -0.25) is 9.36 Å². The summed E-state index contributed by atoms with van der Waals surface area (Å²) in [7, 11) is -3.31. The van der Waals surface area contributed by atoms with Crippen molar-refractivity contribution in [2.24, 2.45) is 5.41 Å². The number of hydrogen-bond donors (Lipinski definition) is 0. The monoisotopic (exact) mass is 344 g/mol. The molecule has 4 nitrogen and oxygen atoms in total. The van der Waals surface area contributed by atoms with E-state index >= 15 is 0 Å². The van der Waals surface area contributed by atoms with Gasteiger partial charge in [0.2, 0.25) is 0 Å². The Kier molecular flexibility index (Phi) is 6.03. The third-order valence-electron chi connectivity index (χ3n) is 3.50. The standard InChI is InChI=1S/C17H26FO4P/c1-7-21-15(19)17(5,6)12-23(20,16(2,3)4)22-14-10-8-9-13(18)11-14/h8-11H,7,12H2,1-6H3. The van der Waals surface area contributed by atoms with Gasteiger partial charge < -0.3 is 9.26 Å². The molecule has 1 atom stereocenters. The summed E-state index contributed by atoms with van der Waals surface area (Å²) >= 11 is 0. The highest BCUT2D eigenvalue weighted by atomic mass is 31.2. The fraction of sp³-hybridized carbons (Fsp3) is 0.588. The summed E-state index contributed by atoms with van der Waals surface area (Å²) in [6.45, 7) is 10.7. The van der Waals surface area contributed by atoms with Crippen LogP contribution in [0.3, 0.4) is 0 Å². The molecule has 0 radical (unpaired) electrons. The van der Waals surface area contributed by atoms with Crippen molar-refractivity contribution in [3.63, 3.8) is 0 Å². The van der Waals surface area contributed by atoms with E-state index in [-0.39, 0.29) is 18.5 Å². The molecule has 0 aliphatic rings. The fourth-order valence-corrected chi connectivity index (χ4v) is 4.45. The van der Waals surface area contributed by atoms with Crippen molar-refractivity contribution in [1.29, 1.82) is 0 Å². The van der Waals surface area contributed by atoms with E-state index in [1.807, 2.05) is 0 Å². The van der Waals surface area contributed by atoms with Crippen LogP contribution in [-0.4, -0.2) is 23.9 Å². The molecule has 6 heteroatoms. The molecule has 1 aromatic carbocycles. The van der Waals surface area contributed by atoms with E-state index in [1.165, 1.54) is 18.2 Å². The highest BCUT2D eigenvalue weighted by molar-refractivity contribution is 7.61. The number of rotatable bonds is 6. The minimum Gasteiger partial charge on any atom is -0.466 e. The lowest BCUT2D eigenvalue weighted by atomic mass is 9.97. The maximum atomic E-state index is 13.5. The van der Waals surface area contributed by atoms with E-state index in [9.17, 15) is 13.8 Å². The number of hydrogen-bond acceptors (Lipinski definition) is 4. The van der Waals surface area contributed by atoms with Crippen LogP contribution in [-0.2, 0) is 14.1 Å². The minimum atomic E-state index is -3.31. The van der Waals surface area contributed by atoms with Gasteiger partial charge in [-0.25, -0.2) is 4.39 Å². The molecule has 0 amide bonds. The van der Waals surface area contributed by atoms with Gasteiger partial charge in [-0.15, -0.1) is 0 Å². The zero-order valence-electron chi connectivity index (χ0n) is 14.7. The number of halogens is 1. The summed E-state index contributed by atoms with van der Waals surface area (Å²) in [6.07, 6.45) is 0.0127. The molecule has 0 spiro atoms. The van der Waals surface area contributed by atoms with Crippen molar-refractivity contribution in [3.8, 4) is 5.75 Å². The van der Waals surface area contributed by atoms with Crippen LogP contribution in [0.15, 0.2) is 24.3 Å². The predicted octanol–water partition coefficient (Wildman–Crippen LogP) is 4.87. The molecule has 1 aromatic rings. The van der Waals surface area contributed by atoms with Gasteiger partial charge in [0.1, 0.15) is 11.6 Å². The van der Waals surface area contributed by atoms with Crippen LogP contribution in [0.25, 0.3) is 0 Å². The number of esters is 1. The highest BCUT2D eigenvalue weighted by Crippen LogP contribution is 2.61. The van der Waals surface area contributed by atoms with Crippen LogP contribution < -0.4 is 4.52 Å². The summed E-state index contributed by atoms with van der Waals surface area (Å²) < 4.78 is 37.6. The van der Waals surface area contributed by atoms with Gasteiger partial charge >= 0.3 is 5.97 Å². The van der Waals surface area contributed by atoms with Crippen LogP contribution >= 0.6 is 7.37 Å². The van der Waals surface area contributed by atoms with Crippen molar-refractivity contribution < 1.29 is 23.0 Å². The second-order valence-corrected chi connectivity index (χ2v) is 10.3. The highest BCUT2D eigenvalue weighted by Gasteiger charge is 2.46. The van der Waals surface area contributed by atoms with E-state index in [0.29, 0.717) is 0 Å². The molecule has 0 aliphatic heterocycles. The van der Waals surface area contributed by atoms with Gasteiger partial charge in [-0.2, -0.15) is 0 Å². The fourth-order valence-electron chi connectivity index (χ4n) is 2.01. The first-order chi connectivity index (χ1) is 10.4. The molecule has 0 aromatic heterocycles. The number of carbonyl (C=O) groups is 1. The molecule has 0 fully saturated rings. The Morgan fingerprint density at radius 3 is 2.30 bits per heavy atom. The second-order valence-electron chi connectivity index (χ2n) is 7.16. The minimum absolute atomic E-state index is 0.0127. The van der Waals surface area contributed by atoms with Gasteiger partial charge in [0, 0.05) is 11.2 Å². The molecule has 1 rings (SSSR count). The van der Waals surface area contributed by atoms with E-state index in [2.05, 4.69) is 0 Å². The Labute approximate surface area is 137 Å². The maximum Gasteiger partial charge on any atom is 0.312 e. The first-order valence-electron chi connectivity index (χ1n) is 7.63. The van der Waals surface area contributed by atoms with Gasteiger partial charge in [0.05, 0.1) is 18.2 Å². The quantitative estimate of drug-likeness (QED) is 0.546. The molecule has 0 aliphatic carbocycles. The summed E-state index contributed by atoms with van der Waals surface area (Å²) in [6, 6.07) is 5.53. The second kappa shape index (κ2) is 7.04. The average molecular weight is 344 g/mol. The van der Waals surface area contributed by atoms with Gasteiger partial charge in [0.25, 0.3) is 7.37 Å². The van der Waals surface area contributed by atoms with Crippen LogP contribution in [0.1, 0.15) is 41.5 Å². The van der Waals surface area contributed by atoms with Crippen molar-refractivity contribution in [2.75, 3.05) is 12.8 Å². The van der Waals surface area contributed by atoms with Crippen molar-refractivity contribution in [3.05, 3.63) is 30.1 Å². The van der Waals surface area contributed by atoms with Crippen LogP contribution in [0.5, 0.6) is 5.75 Å². The Bertz CT molecular complexity index is 605. The lowest BCUT2D eigenvalue weighted by Crippen LogP contribution is -2.35. The first kappa shape index (κ1) is 19.7. The summed E-state index contributed by atoms with van der Waals surface area (Å²) in [5.41, 5.74) is -0.966. The Morgan fingerprint density at radius 1 is 1.22 bits per heavy atom. The van der Waals surface area contributed by atoms with Crippen LogP contribution in [0, 0.1) is 11.2 Å². The van der Waals surface area contributed by atoms with Crippen molar-refractivity contribution >= 4 is 13.3 Å². The maximum absolute atomic E-state index is 13.5. The third kappa shape index (κ3) is 5.07. The van der Waals surface area contributed by atoms with Crippen molar-refractivity contribution in [2.45, 2.75) is 46.7 Å². The number of benzene rings is 1. The Hall–Kier alpha value is -1.35. The molecule has 0 heterocycles. The molecule has 0 saturated heterocycles. The van der Waals surface area contributed by atoms with Gasteiger partial charge in [-0.1, -0.05) is 26.8 Å². The van der Waals surface area contributed by atoms with E-state index in [4.69, 9.17) is 9.26 Å². The van der Waals surface area contributed by atoms with Crippen LogP contribution in [0.4, 0.5) is 4.39 Å². The van der Waals surface area contributed by atoms with E-state index in [0.717, 1.165) is 0 Å². The number of carbonyl (C=O) groups excluding carboxylic acids is 1. The largest absolute Gasteiger partial charge is 0.466 e. The molecule has 23 heavy (non-hydrogen) atoms.